The molecule has 1 unspecified atom stereocenters. The molecule has 1 aromatic rings. The monoisotopic (exact) mass is 210 g/mol. The number of aryl methyl sites for hydroxylation is 2. The van der Waals surface area contributed by atoms with Crippen molar-refractivity contribution in [2.75, 3.05) is 0 Å². The second kappa shape index (κ2) is 4.31. The third-order valence-corrected chi connectivity index (χ3v) is 2.90. The zero-order chi connectivity index (χ0) is 10.8. The van der Waals surface area contributed by atoms with Gasteiger partial charge in [-0.2, -0.15) is 0 Å². The second-order valence-corrected chi connectivity index (χ2v) is 5.26. The Morgan fingerprint density at radius 3 is 2.50 bits per heavy atom. The average molecular weight is 210 g/mol. The van der Waals surface area contributed by atoms with Crippen molar-refractivity contribution in [2.45, 2.75) is 39.5 Å². The van der Waals surface area contributed by atoms with Crippen molar-refractivity contribution < 1.29 is 4.74 Å². The molecule has 14 heavy (non-hydrogen) atoms. The molecule has 0 radical (unpaired) electrons. The molecular formula is C12H19OP. The van der Waals surface area contributed by atoms with Crippen LogP contribution >= 0.6 is 9.24 Å². The second-order valence-electron chi connectivity index (χ2n) is 4.04. The van der Waals surface area contributed by atoms with Crippen molar-refractivity contribution in [1.29, 1.82) is 0 Å². The Hall–Kier alpha value is -0.550. The molecule has 0 N–H and O–H groups in total. The van der Waals surface area contributed by atoms with Crippen LogP contribution in [0.15, 0.2) is 18.2 Å². The van der Waals surface area contributed by atoms with Crippen molar-refractivity contribution in [1.82, 2.24) is 0 Å². The topological polar surface area (TPSA) is 9.23 Å². The van der Waals surface area contributed by atoms with Gasteiger partial charge in [0.25, 0.3) is 0 Å². The summed E-state index contributed by atoms with van der Waals surface area (Å²) in [6.45, 7) is 8.38. The first-order valence-corrected chi connectivity index (χ1v) is 5.57. The van der Waals surface area contributed by atoms with Gasteiger partial charge in [0.2, 0.25) is 0 Å². The number of hydrogen-bond donors (Lipinski definition) is 0. The van der Waals surface area contributed by atoms with E-state index in [4.69, 9.17) is 4.74 Å². The highest BCUT2D eigenvalue weighted by atomic mass is 31.0. The first-order valence-electron chi connectivity index (χ1n) is 5.00. The van der Waals surface area contributed by atoms with Gasteiger partial charge in [0.05, 0.1) is 0 Å². The SMILES string of the molecule is CC[C@](C)(P)Oc1ccc(C)cc1C. The molecule has 0 aliphatic carbocycles. The number of ether oxygens (including phenoxy) is 1. The lowest BCUT2D eigenvalue weighted by molar-refractivity contribution is 0.179. The fraction of sp³-hybridized carbons (Fsp3) is 0.500. The van der Waals surface area contributed by atoms with Gasteiger partial charge in [0, 0.05) is 0 Å². The van der Waals surface area contributed by atoms with E-state index in [1.807, 2.05) is 6.07 Å². The van der Waals surface area contributed by atoms with Crippen LogP contribution in [0.1, 0.15) is 31.4 Å². The summed E-state index contributed by atoms with van der Waals surface area (Å²) in [5, 5.41) is -0.153. The zero-order valence-electron chi connectivity index (χ0n) is 9.42. The quantitative estimate of drug-likeness (QED) is 0.691. The van der Waals surface area contributed by atoms with Crippen LogP contribution in [0.5, 0.6) is 5.75 Å². The summed E-state index contributed by atoms with van der Waals surface area (Å²) in [5.74, 6) is 0.981. The molecule has 0 spiro atoms. The molecule has 0 fully saturated rings. The smallest absolute Gasteiger partial charge is 0.123 e. The molecule has 1 aromatic carbocycles. The van der Waals surface area contributed by atoms with Crippen molar-refractivity contribution in [3.05, 3.63) is 29.3 Å². The maximum Gasteiger partial charge on any atom is 0.123 e. The molecule has 2 heteroatoms. The van der Waals surface area contributed by atoms with E-state index in [0.29, 0.717) is 0 Å². The Labute approximate surface area is 89.1 Å². The number of benzene rings is 1. The maximum absolute atomic E-state index is 5.90. The average Bonchev–Trinajstić information content (AvgIpc) is 2.10. The Morgan fingerprint density at radius 2 is 2.00 bits per heavy atom. The van der Waals surface area contributed by atoms with E-state index < -0.39 is 0 Å². The highest BCUT2D eigenvalue weighted by Crippen LogP contribution is 2.29. The minimum Gasteiger partial charge on any atom is -0.484 e. The highest BCUT2D eigenvalue weighted by Gasteiger charge is 2.17. The fourth-order valence-corrected chi connectivity index (χ4v) is 1.36. The molecule has 0 saturated heterocycles. The molecule has 0 amide bonds. The van der Waals surface area contributed by atoms with Crippen LogP contribution < -0.4 is 4.74 Å². The standard InChI is InChI=1S/C12H19OP/c1-5-12(4,14)13-11-7-6-9(2)8-10(11)3/h6-8H,5,14H2,1-4H3/t12-/m0/s1. The van der Waals surface area contributed by atoms with Crippen molar-refractivity contribution >= 4 is 9.24 Å². The van der Waals surface area contributed by atoms with Crippen molar-refractivity contribution in [3.8, 4) is 5.75 Å². The third kappa shape index (κ3) is 2.99. The van der Waals surface area contributed by atoms with Gasteiger partial charge in [-0.3, -0.25) is 0 Å². The van der Waals surface area contributed by atoms with Gasteiger partial charge in [-0.1, -0.05) is 33.9 Å². The molecule has 0 saturated carbocycles. The minimum atomic E-state index is -0.153. The molecule has 0 heterocycles. The van der Waals surface area contributed by atoms with Gasteiger partial charge in [-0.05, 0) is 38.8 Å². The molecule has 0 aliphatic heterocycles. The van der Waals surface area contributed by atoms with Crippen molar-refractivity contribution in [2.24, 2.45) is 0 Å². The molecular weight excluding hydrogens is 191 g/mol. The number of rotatable bonds is 3. The minimum absolute atomic E-state index is 0.153. The van der Waals surface area contributed by atoms with E-state index in [9.17, 15) is 0 Å². The van der Waals surface area contributed by atoms with Gasteiger partial charge in [0.15, 0.2) is 0 Å². The summed E-state index contributed by atoms with van der Waals surface area (Å²) in [6.07, 6.45) is 0.977. The van der Waals surface area contributed by atoms with E-state index in [0.717, 1.165) is 12.2 Å². The first kappa shape index (κ1) is 11.5. The Kier molecular flexibility index (Phi) is 3.55. The van der Waals surface area contributed by atoms with Gasteiger partial charge < -0.3 is 4.74 Å². The van der Waals surface area contributed by atoms with Crippen LogP contribution in [0.2, 0.25) is 0 Å². The van der Waals surface area contributed by atoms with Crippen LogP contribution in [-0.2, 0) is 0 Å². The summed E-state index contributed by atoms with van der Waals surface area (Å²) in [6, 6.07) is 6.27. The van der Waals surface area contributed by atoms with E-state index in [2.05, 4.69) is 49.1 Å². The predicted octanol–water partition coefficient (Wildman–Crippen LogP) is 3.68. The van der Waals surface area contributed by atoms with E-state index in [-0.39, 0.29) is 5.34 Å². The molecule has 1 rings (SSSR count). The van der Waals surface area contributed by atoms with Crippen LogP contribution in [0.4, 0.5) is 0 Å². The Morgan fingerprint density at radius 1 is 1.36 bits per heavy atom. The van der Waals surface area contributed by atoms with Gasteiger partial charge in [0.1, 0.15) is 11.1 Å². The largest absolute Gasteiger partial charge is 0.484 e. The highest BCUT2D eigenvalue weighted by molar-refractivity contribution is 7.18. The first-order chi connectivity index (χ1) is 6.44. The molecule has 0 bridgehead atoms. The van der Waals surface area contributed by atoms with Crippen LogP contribution in [0.3, 0.4) is 0 Å². The summed E-state index contributed by atoms with van der Waals surface area (Å²) < 4.78 is 5.90. The predicted molar refractivity (Wildman–Crippen MR) is 65.0 cm³/mol. The van der Waals surface area contributed by atoms with Gasteiger partial charge in [-0.25, -0.2) is 0 Å². The molecule has 0 aromatic heterocycles. The summed E-state index contributed by atoms with van der Waals surface area (Å²) in [5.41, 5.74) is 2.48. The molecule has 78 valence electrons. The third-order valence-electron chi connectivity index (χ3n) is 2.38. The maximum atomic E-state index is 5.90. The Bertz CT molecular complexity index is 318. The lowest BCUT2D eigenvalue weighted by atomic mass is 10.1. The lowest BCUT2D eigenvalue weighted by Gasteiger charge is -2.25. The summed E-state index contributed by atoms with van der Waals surface area (Å²) in [4.78, 5) is 0. The lowest BCUT2D eigenvalue weighted by Crippen LogP contribution is -2.23. The van der Waals surface area contributed by atoms with Crippen LogP contribution in [-0.4, -0.2) is 5.34 Å². The zero-order valence-corrected chi connectivity index (χ0v) is 10.6. The van der Waals surface area contributed by atoms with Crippen LogP contribution in [0.25, 0.3) is 0 Å². The van der Waals surface area contributed by atoms with Crippen molar-refractivity contribution in [3.63, 3.8) is 0 Å². The molecule has 1 nitrogen and oxygen atoms in total. The molecule has 0 aliphatic rings. The van der Waals surface area contributed by atoms with E-state index >= 15 is 0 Å². The number of hydrogen-bond acceptors (Lipinski definition) is 1. The van der Waals surface area contributed by atoms with Gasteiger partial charge >= 0.3 is 0 Å². The van der Waals surface area contributed by atoms with E-state index in [1.165, 1.54) is 11.1 Å². The normalized spacial score (nSPS) is 14.9. The fourth-order valence-electron chi connectivity index (χ4n) is 1.24. The van der Waals surface area contributed by atoms with Gasteiger partial charge in [-0.15, -0.1) is 0 Å². The van der Waals surface area contributed by atoms with Crippen LogP contribution in [0, 0.1) is 13.8 Å². The summed E-state index contributed by atoms with van der Waals surface area (Å²) in [7, 11) is 2.75. The molecule has 2 atom stereocenters. The Balaban J connectivity index is 2.87. The summed E-state index contributed by atoms with van der Waals surface area (Å²) >= 11 is 0. The van der Waals surface area contributed by atoms with E-state index in [1.54, 1.807) is 0 Å².